The van der Waals surface area contributed by atoms with E-state index >= 15 is 0 Å². The van der Waals surface area contributed by atoms with Gasteiger partial charge in [0.1, 0.15) is 11.4 Å². The molecule has 1 aliphatic heterocycles. The predicted molar refractivity (Wildman–Crippen MR) is 113 cm³/mol. The number of piperidine rings is 1. The maximum absolute atomic E-state index is 12.6. The minimum absolute atomic E-state index is 0.0133. The van der Waals surface area contributed by atoms with Crippen LogP contribution in [0.4, 0.5) is 4.79 Å². The summed E-state index contributed by atoms with van der Waals surface area (Å²) in [4.78, 5) is 30.6. The number of allylic oxidation sites excluding steroid dienone is 1. The topological polar surface area (TPSA) is 85.0 Å². The number of hydrogen-bond acceptors (Lipinski definition) is 4. The molecule has 0 bridgehead atoms. The van der Waals surface area contributed by atoms with Crippen molar-refractivity contribution in [3.63, 3.8) is 0 Å². The molecular weight excluding hydrogens is 410 g/mol. The van der Waals surface area contributed by atoms with Crippen molar-refractivity contribution in [2.24, 2.45) is 10.7 Å². The molecule has 1 heterocycles. The Morgan fingerprint density at radius 2 is 2.07 bits per heavy atom. The predicted octanol–water partition coefficient (Wildman–Crippen LogP) is 4.21. The number of aliphatic imine (C=N–C) groups is 1. The van der Waals surface area contributed by atoms with Crippen LogP contribution in [-0.4, -0.2) is 52.7 Å². The summed E-state index contributed by atoms with van der Waals surface area (Å²) in [6.45, 7) is 8.62. The summed E-state index contributed by atoms with van der Waals surface area (Å²) in [6, 6.07) is -0.404. The molecule has 1 fully saturated rings. The van der Waals surface area contributed by atoms with Crippen LogP contribution >= 0.6 is 15.9 Å². The van der Waals surface area contributed by atoms with Gasteiger partial charge in [0, 0.05) is 6.54 Å². The Kier molecular flexibility index (Phi) is 10.1. The number of unbranched alkanes of at least 4 members (excludes halogenated alkanes) is 1. The van der Waals surface area contributed by atoms with Gasteiger partial charge >= 0.3 is 6.09 Å². The van der Waals surface area contributed by atoms with Gasteiger partial charge in [-0.25, -0.2) is 4.79 Å². The third kappa shape index (κ3) is 8.45. The van der Waals surface area contributed by atoms with Crippen LogP contribution in [-0.2, 0) is 9.53 Å². The lowest BCUT2D eigenvalue weighted by Crippen LogP contribution is -2.50. The normalized spacial score (nSPS) is 19.1. The van der Waals surface area contributed by atoms with Crippen LogP contribution in [0.3, 0.4) is 0 Å². The molecule has 0 aromatic carbocycles. The van der Waals surface area contributed by atoms with Crippen molar-refractivity contribution in [2.75, 3.05) is 18.4 Å². The highest BCUT2D eigenvalue weighted by molar-refractivity contribution is 9.09. The lowest BCUT2D eigenvalue weighted by molar-refractivity contribution is -0.122. The number of Topliss-reactive ketones (excluding diaryl/α,β-unsaturated/α-hetero) is 1. The highest BCUT2D eigenvalue weighted by Crippen LogP contribution is 2.22. The largest absolute Gasteiger partial charge is 0.441 e. The monoisotopic (exact) mass is 443 g/mol. The fraction of sp³-hybridized carbons (Fsp3) is 0.750. The molecule has 1 atom stereocenters. The van der Waals surface area contributed by atoms with Gasteiger partial charge in [0.2, 0.25) is 0 Å². The molecule has 1 saturated heterocycles. The fourth-order valence-electron chi connectivity index (χ4n) is 3.01. The fourth-order valence-corrected chi connectivity index (χ4v) is 3.38. The zero-order valence-electron chi connectivity index (χ0n) is 17.1. The summed E-state index contributed by atoms with van der Waals surface area (Å²) < 4.78 is 5.66. The lowest BCUT2D eigenvalue weighted by Gasteiger charge is -2.36. The molecule has 0 aromatic heterocycles. The molecule has 27 heavy (non-hydrogen) atoms. The van der Waals surface area contributed by atoms with Gasteiger partial charge in [0.25, 0.3) is 0 Å². The Morgan fingerprint density at radius 3 is 2.70 bits per heavy atom. The molecule has 0 aromatic rings. The third-order valence-corrected chi connectivity index (χ3v) is 5.12. The number of rotatable bonds is 9. The number of carbonyl (C=O) groups is 2. The molecule has 7 heteroatoms. The van der Waals surface area contributed by atoms with Crippen molar-refractivity contribution >= 4 is 33.6 Å². The van der Waals surface area contributed by atoms with Crippen LogP contribution in [0.15, 0.2) is 16.6 Å². The van der Waals surface area contributed by atoms with Crippen molar-refractivity contribution in [1.29, 1.82) is 0 Å². The van der Waals surface area contributed by atoms with Crippen molar-refractivity contribution in [3.8, 4) is 0 Å². The number of alkyl halides is 1. The van der Waals surface area contributed by atoms with Crippen LogP contribution in [0.25, 0.3) is 0 Å². The van der Waals surface area contributed by atoms with Gasteiger partial charge in [-0.3, -0.25) is 14.7 Å². The molecule has 1 aliphatic rings. The summed E-state index contributed by atoms with van der Waals surface area (Å²) in [7, 11) is 0. The van der Waals surface area contributed by atoms with E-state index in [-0.39, 0.29) is 17.7 Å². The average Bonchev–Trinajstić information content (AvgIpc) is 2.63. The van der Waals surface area contributed by atoms with Crippen molar-refractivity contribution in [3.05, 3.63) is 11.6 Å². The molecule has 2 N–H and O–H groups in total. The van der Waals surface area contributed by atoms with E-state index in [1.165, 1.54) is 5.57 Å². The van der Waals surface area contributed by atoms with E-state index in [9.17, 15) is 9.59 Å². The molecule has 0 spiro atoms. The molecule has 6 nitrogen and oxygen atoms in total. The molecule has 0 saturated carbocycles. The number of ketones is 1. The first-order valence-electron chi connectivity index (χ1n) is 9.75. The quantitative estimate of drug-likeness (QED) is 0.328. The number of ether oxygens (including phenoxy) is 1. The molecule has 1 unspecified atom stereocenters. The van der Waals surface area contributed by atoms with E-state index < -0.39 is 17.7 Å². The summed E-state index contributed by atoms with van der Waals surface area (Å²) in [5.74, 6) is 0.456. The second-order valence-corrected chi connectivity index (χ2v) is 8.33. The minimum atomic E-state index is -0.799. The molecule has 0 aliphatic carbocycles. The number of amidine groups is 1. The highest BCUT2D eigenvalue weighted by Gasteiger charge is 2.35. The molecular formula is C20H34BrN3O3. The van der Waals surface area contributed by atoms with Crippen LogP contribution in [0.2, 0.25) is 0 Å². The number of likely N-dealkylation sites (tertiary alicyclic amines) is 1. The van der Waals surface area contributed by atoms with Gasteiger partial charge in [-0.2, -0.15) is 0 Å². The standard InChI is InChI=1S/C20H34BrN3O3/c1-5-6-9-15(2)12-18(22)23-14-20(3,4)27-19(26)24-11-8-7-10-16(24)17(25)13-21/h12,16H,5-11,13-14H2,1-4H3,(H2,22,23)/b15-12-. The van der Waals surface area contributed by atoms with E-state index in [2.05, 4.69) is 27.8 Å². The Hall–Kier alpha value is -1.37. The first-order chi connectivity index (χ1) is 12.7. The summed E-state index contributed by atoms with van der Waals surface area (Å²) >= 11 is 3.20. The second kappa shape index (κ2) is 11.5. The van der Waals surface area contributed by atoms with E-state index in [0.29, 0.717) is 18.8 Å². The van der Waals surface area contributed by atoms with E-state index in [4.69, 9.17) is 10.5 Å². The number of halogens is 1. The van der Waals surface area contributed by atoms with Gasteiger partial charge in [0.05, 0.1) is 17.9 Å². The molecule has 154 valence electrons. The first-order valence-corrected chi connectivity index (χ1v) is 10.9. The Bertz CT molecular complexity index is 573. The maximum atomic E-state index is 12.6. The number of amides is 1. The SMILES string of the molecule is CCCC/C(C)=C\C(N)=NCC(C)(C)OC(=O)N1CCCCC1C(=O)CBr. The Labute approximate surface area is 171 Å². The van der Waals surface area contributed by atoms with Crippen molar-refractivity contribution in [2.45, 2.75) is 77.9 Å². The third-order valence-electron chi connectivity index (χ3n) is 4.57. The van der Waals surface area contributed by atoms with Crippen LogP contribution < -0.4 is 5.73 Å². The van der Waals surface area contributed by atoms with E-state index in [1.807, 2.05) is 13.0 Å². The first kappa shape index (κ1) is 23.7. The highest BCUT2D eigenvalue weighted by atomic mass is 79.9. The van der Waals surface area contributed by atoms with Crippen molar-refractivity contribution in [1.82, 2.24) is 4.90 Å². The number of carbonyl (C=O) groups excluding carboxylic acids is 2. The maximum Gasteiger partial charge on any atom is 0.410 e. The summed E-state index contributed by atoms with van der Waals surface area (Å²) in [6.07, 6.45) is 7.21. The number of hydrogen-bond donors (Lipinski definition) is 1. The van der Waals surface area contributed by atoms with E-state index in [0.717, 1.165) is 32.1 Å². The Balaban J connectivity index is 2.68. The smallest absolute Gasteiger partial charge is 0.410 e. The van der Waals surface area contributed by atoms with Gasteiger partial charge in [-0.05, 0) is 59.0 Å². The number of nitrogens with two attached hydrogens (primary N) is 1. The van der Waals surface area contributed by atoms with Crippen LogP contribution in [0.1, 0.15) is 66.2 Å². The Morgan fingerprint density at radius 1 is 1.37 bits per heavy atom. The second-order valence-electron chi connectivity index (χ2n) is 7.77. The minimum Gasteiger partial charge on any atom is -0.441 e. The van der Waals surface area contributed by atoms with Crippen LogP contribution in [0, 0.1) is 0 Å². The van der Waals surface area contributed by atoms with Crippen LogP contribution in [0.5, 0.6) is 0 Å². The lowest BCUT2D eigenvalue weighted by atomic mass is 10.00. The van der Waals surface area contributed by atoms with E-state index in [1.54, 1.807) is 18.7 Å². The molecule has 1 amide bonds. The summed E-state index contributed by atoms with van der Waals surface area (Å²) in [5, 5.41) is 0.245. The van der Waals surface area contributed by atoms with Gasteiger partial charge in [0.15, 0.2) is 5.78 Å². The van der Waals surface area contributed by atoms with Gasteiger partial charge in [-0.15, -0.1) is 0 Å². The zero-order valence-corrected chi connectivity index (χ0v) is 18.7. The van der Waals surface area contributed by atoms with Gasteiger partial charge in [-0.1, -0.05) is 34.8 Å². The summed E-state index contributed by atoms with van der Waals surface area (Å²) in [5.41, 5.74) is 6.37. The molecule has 1 rings (SSSR count). The molecule has 0 radical (unpaired) electrons. The van der Waals surface area contributed by atoms with Crippen molar-refractivity contribution < 1.29 is 14.3 Å². The zero-order chi connectivity index (χ0) is 20.4. The average molecular weight is 444 g/mol. The number of nitrogens with zero attached hydrogens (tertiary/aromatic N) is 2. The van der Waals surface area contributed by atoms with Gasteiger partial charge < -0.3 is 10.5 Å².